The van der Waals surface area contributed by atoms with Crippen LogP contribution in [-0.2, 0) is 32.3 Å². The van der Waals surface area contributed by atoms with Crippen molar-refractivity contribution in [3.05, 3.63) is 47.7 Å². The number of benzene rings is 1. The number of hydrogen-bond acceptors (Lipinski definition) is 8. The van der Waals surface area contributed by atoms with Crippen molar-refractivity contribution in [3.63, 3.8) is 0 Å². The van der Waals surface area contributed by atoms with Gasteiger partial charge in [0.05, 0.1) is 32.5 Å². The van der Waals surface area contributed by atoms with Gasteiger partial charge in [-0.25, -0.2) is 4.79 Å². The monoisotopic (exact) mass is 808 g/mol. The second kappa shape index (κ2) is 17.8. The van der Waals surface area contributed by atoms with Gasteiger partial charge in [-0.05, 0) is 79.4 Å². The summed E-state index contributed by atoms with van der Waals surface area (Å²) in [4.78, 5) is 25.8. The predicted octanol–water partition coefficient (Wildman–Crippen LogP) is 10.9. The van der Waals surface area contributed by atoms with Crippen molar-refractivity contribution >= 4 is 45.0 Å². The third-order valence-electron chi connectivity index (χ3n) is 11.7. The smallest absolute Gasteiger partial charge is 0.338 e. The lowest BCUT2D eigenvalue weighted by Gasteiger charge is -2.54. The third kappa shape index (κ3) is 13.6. The lowest BCUT2D eigenvalue weighted by Crippen LogP contribution is -2.68. The number of ether oxygens (including phenoxy) is 3. The Morgan fingerprint density at radius 1 is 0.736 bits per heavy atom. The fourth-order valence-electron chi connectivity index (χ4n) is 5.27. The van der Waals surface area contributed by atoms with E-state index < -0.39 is 75.6 Å². The molecule has 1 aliphatic heterocycles. The van der Waals surface area contributed by atoms with Crippen molar-refractivity contribution in [2.75, 3.05) is 6.61 Å². The van der Waals surface area contributed by atoms with E-state index in [0.717, 1.165) is 0 Å². The Morgan fingerprint density at radius 3 is 1.68 bits per heavy atom. The summed E-state index contributed by atoms with van der Waals surface area (Å²) in [6.45, 7) is 42.3. The molecule has 12 heteroatoms. The molecule has 0 bridgehead atoms. The van der Waals surface area contributed by atoms with Gasteiger partial charge in [0.15, 0.2) is 31.1 Å². The van der Waals surface area contributed by atoms with Crippen LogP contribution in [0.2, 0.25) is 74.0 Å². The van der Waals surface area contributed by atoms with Gasteiger partial charge in [0, 0.05) is 6.92 Å². The number of rotatable bonds is 15. The van der Waals surface area contributed by atoms with Gasteiger partial charge < -0.3 is 27.5 Å². The largest absolute Gasteiger partial charge is 0.466 e. The highest BCUT2D eigenvalue weighted by Gasteiger charge is 2.57. The highest BCUT2D eigenvalue weighted by atomic mass is 28.4. The summed E-state index contributed by atoms with van der Waals surface area (Å²) in [7, 11) is -9.07. The molecule has 1 saturated heterocycles. The summed E-state index contributed by atoms with van der Waals surface area (Å²) >= 11 is 0. The molecule has 0 aliphatic carbocycles. The lowest BCUT2D eigenvalue weighted by atomic mass is 9.90. The summed E-state index contributed by atoms with van der Waals surface area (Å²) in [5.74, 6) is -0.772. The van der Waals surface area contributed by atoms with Gasteiger partial charge in [0.2, 0.25) is 0 Å². The fraction of sp³-hybridized carbons (Fsp3) is 0.756. The maximum atomic E-state index is 14.0. The van der Waals surface area contributed by atoms with Crippen molar-refractivity contribution in [1.82, 2.24) is 0 Å². The summed E-state index contributed by atoms with van der Waals surface area (Å²) in [6.07, 6.45) is -0.408. The van der Waals surface area contributed by atoms with Gasteiger partial charge in [-0.1, -0.05) is 112 Å². The first-order chi connectivity index (χ1) is 23.8. The zero-order valence-electron chi connectivity index (χ0n) is 36.9. The first kappa shape index (κ1) is 47.8. The molecular weight excluding hydrogens is 733 g/mol. The van der Waals surface area contributed by atoms with Crippen molar-refractivity contribution in [2.24, 2.45) is 0 Å². The van der Waals surface area contributed by atoms with Crippen LogP contribution in [0.3, 0.4) is 0 Å². The molecule has 0 aromatic heterocycles. The number of carbonyl (C=O) groups excluding carboxylic acids is 2. The molecule has 1 aromatic rings. The molecule has 1 aromatic carbocycles. The summed E-state index contributed by atoms with van der Waals surface area (Å²) in [6, 6.07) is 9.08. The molecule has 6 atom stereocenters. The van der Waals surface area contributed by atoms with Crippen LogP contribution < -0.4 is 0 Å². The highest BCUT2D eigenvalue weighted by Crippen LogP contribution is 2.46. The minimum absolute atomic E-state index is 0.0586. The Kier molecular flexibility index (Phi) is 16.1. The molecule has 1 aliphatic rings. The van der Waals surface area contributed by atoms with E-state index in [1.165, 1.54) is 6.92 Å². The van der Waals surface area contributed by atoms with Crippen LogP contribution in [0.25, 0.3) is 0 Å². The van der Waals surface area contributed by atoms with Gasteiger partial charge in [0.1, 0.15) is 18.3 Å². The summed E-state index contributed by atoms with van der Waals surface area (Å²) in [5.41, 5.74) is 2.80. The van der Waals surface area contributed by atoms with Crippen LogP contribution in [0, 0.1) is 0 Å². The molecule has 53 heavy (non-hydrogen) atoms. The average molecular weight is 809 g/mol. The van der Waals surface area contributed by atoms with E-state index >= 15 is 0 Å². The molecule has 8 nitrogen and oxygen atoms in total. The zero-order chi connectivity index (χ0) is 41.0. The normalized spacial score (nSPS) is 23.2. The molecule has 1 fully saturated rings. The van der Waals surface area contributed by atoms with E-state index in [2.05, 4.69) is 133 Å². The molecule has 1 heterocycles. The van der Waals surface area contributed by atoms with Crippen LogP contribution >= 0.6 is 0 Å². The molecule has 2 rings (SSSR count). The SMILES string of the molecule is CC(=O)OCCCC1O[C@@H](C(/C=C/[Si](C)(C)C)O[Si](C)(C)C(C)(C)C)C(O[Si](C)(C)C(C)(C)C)C(O[Si](C)(C)C(C)(C)C)[C@H]1OC(=O)c1ccccc1. The Hall–Kier alpha value is -1.39. The van der Waals surface area contributed by atoms with Crippen LogP contribution in [0.4, 0.5) is 0 Å². The molecule has 0 radical (unpaired) electrons. The average Bonchev–Trinajstić information content (AvgIpc) is 2.97. The molecule has 4 unspecified atom stereocenters. The van der Waals surface area contributed by atoms with Gasteiger partial charge in [-0.2, -0.15) is 0 Å². The summed E-state index contributed by atoms with van der Waals surface area (Å²) < 4.78 is 41.7. The zero-order valence-corrected chi connectivity index (χ0v) is 40.9. The Balaban J connectivity index is 2.99. The molecule has 0 saturated carbocycles. The number of carbonyl (C=O) groups is 2. The second-order valence-electron chi connectivity index (χ2n) is 20.6. The number of esters is 2. The molecule has 0 amide bonds. The summed E-state index contributed by atoms with van der Waals surface area (Å²) in [5, 5.41) is -0.326. The first-order valence-electron chi connectivity index (χ1n) is 19.6. The first-order valence-corrected chi connectivity index (χ1v) is 31.9. The number of hydrogen-bond donors (Lipinski definition) is 0. The molecule has 304 valence electrons. The minimum atomic E-state index is -2.52. The minimum Gasteiger partial charge on any atom is -0.466 e. The van der Waals surface area contributed by atoms with Crippen molar-refractivity contribution < 1.29 is 37.1 Å². The van der Waals surface area contributed by atoms with Crippen LogP contribution in [0.5, 0.6) is 0 Å². The van der Waals surface area contributed by atoms with Gasteiger partial charge in [-0.15, -0.1) is 0 Å². The van der Waals surface area contributed by atoms with E-state index in [1.807, 2.05) is 18.2 Å². The van der Waals surface area contributed by atoms with E-state index in [4.69, 9.17) is 27.5 Å². The van der Waals surface area contributed by atoms with Crippen molar-refractivity contribution in [3.8, 4) is 0 Å². The Bertz CT molecular complexity index is 1370. The Labute approximate surface area is 327 Å². The predicted molar refractivity (Wildman–Crippen MR) is 229 cm³/mol. The maximum absolute atomic E-state index is 14.0. The molecular formula is C41H76O8Si4. The molecule has 0 N–H and O–H groups in total. The third-order valence-corrected chi connectivity index (χ3v) is 26.3. The standard InChI is InChI=1S/C41H76O8Si4/c1-30(42)44-28-23-26-32-34(46-38(43)31-24-21-20-22-25-31)36(48-52(16,17)40(5,6)7)37(49-53(18,19)41(8,9)10)35(45-32)33(27-29-50(11,12)13)47-51(14,15)39(2,3)4/h20-22,24-25,27,29,32-37H,23,26,28H2,1-19H3/b29-27+/t32?,33?,34-,35-,36?,37?/m0/s1. The van der Waals surface area contributed by atoms with Crippen LogP contribution in [-0.4, -0.2) is 88.2 Å². The second-order valence-corrected chi connectivity index (χ2v) is 39.9. The highest BCUT2D eigenvalue weighted by molar-refractivity contribution is 6.81. The topological polar surface area (TPSA) is 89.5 Å². The van der Waals surface area contributed by atoms with E-state index in [9.17, 15) is 9.59 Å². The van der Waals surface area contributed by atoms with Gasteiger partial charge >= 0.3 is 11.9 Å². The Morgan fingerprint density at radius 2 is 1.23 bits per heavy atom. The van der Waals surface area contributed by atoms with Crippen molar-refractivity contribution in [1.29, 1.82) is 0 Å². The van der Waals surface area contributed by atoms with Crippen LogP contribution in [0.1, 0.15) is 92.4 Å². The molecule has 0 spiro atoms. The quantitative estimate of drug-likeness (QED) is 0.0983. The van der Waals surface area contributed by atoms with Gasteiger partial charge in [-0.3, -0.25) is 4.79 Å². The lowest BCUT2D eigenvalue weighted by molar-refractivity contribution is -0.230. The fourth-order valence-corrected chi connectivity index (χ4v) is 9.88. The van der Waals surface area contributed by atoms with Gasteiger partial charge in [0.25, 0.3) is 0 Å². The van der Waals surface area contributed by atoms with Crippen molar-refractivity contribution in [2.45, 2.75) is 193 Å². The van der Waals surface area contributed by atoms with Crippen LogP contribution in [0.15, 0.2) is 42.1 Å². The van der Waals surface area contributed by atoms with E-state index in [1.54, 1.807) is 12.1 Å². The maximum Gasteiger partial charge on any atom is 0.338 e. The van der Waals surface area contributed by atoms with E-state index in [-0.39, 0.29) is 27.7 Å². The van der Waals surface area contributed by atoms with E-state index in [0.29, 0.717) is 18.4 Å².